The smallest absolute Gasteiger partial charge is 0.417 e. The maximum atomic E-state index is 12.3. The monoisotopic (exact) mass is 314 g/mol. The number of alkyl halides is 3. The standard InChI is InChI=1S/C14H13F3N2O3/c1-9-11(4-6-21-9)13(20)18-5-7-22-12-3-2-10(8-19-12)14(15,16)17/h2-4,6,8H,5,7H2,1H3,(H,18,20). The number of ether oxygens (including phenoxy) is 1. The van der Waals surface area contributed by atoms with Crippen LogP contribution >= 0.6 is 0 Å². The molecule has 0 aliphatic heterocycles. The summed E-state index contributed by atoms with van der Waals surface area (Å²) in [4.78, 5) is 15.3. The van der Waals surface area contributed by atoms with Gasteiger partial charge in [-0.2, -0.15) is 13.2 Å². The lowest BCUT2D eigenvalue weighted by molar-refractivity contribution is -0.137. The molecule has 2 heterocycles. The third-order valence-corrected chi connectivity index (χ3v) is 2.80. The molecule has 0 aliphatic carbocycles. The molecular formula is C14H13F3N2O3. The minimum Gasteiger partial charge on any atom is -0.476 e. The molecule has 5 nitrogen and oxygen atoms in total. The van der Waals surface area contributed by atoms with Crippen molar-refractivity contribution in [1.82, 2.24) is 10.3 Å². The van der Waals surface area contributed by atoms with Gasteiger partial charge >= 0.3 is 6.18 Å². The Bertz CT molecular complexity index is 636. The largest absolute Gasteiger partial charge is 0.476 e. The second-order valence-corrected chi connectivity index (χ2v) is 4.38. The maximum Gasteiger partial charge on any atom is 0.417 e. The van der Waals surface area contributed by atoms with Crippen LogP contribution in [0.15, 0.2) is 35.1 Å². The number of furan rings is 1. The summed E-state index contributed by atoms with van der Waals surface area (Å²) in [6, 6.07) is 3.56. The first-order valence-corrected chi connectivity index (χ1v) is 6.36. The van der Waals surface area contributed by atoms with Gasteiger partial charge in [-0.25, -0.2) is 4.98 Å². The fourth-order valence-corrected chi connectivity index (χ4v) is 1.67. The van der Waals surface area contributed by atoms with Gasteiger partial charge in [-0.3, -0.25) is 4.79 Å². The van der Waals surface area contributed by atoms with Gasteiger partial charge in [-0.1, -0.05) is 0 Å². The molecule has 0 radical (unpaired) electrons. The van der Waals surface area contributed by atoms with Crippen molar-refractivity contribution in [1.29, 1.82) is 0 Å². The van der Waals surface area contributed by atoms with Crippen molar-refractivity contribution in [3.8, 4) is 5.88 Å². The molecule has 2 rings (SSSR count). The average Bonchev–Trinajstić information content (AvgIpc) is 2.89. The van der Waals surface area contributed by atoms with Gasteiger partial charge in [0.15, 0.2) is 0 Å². The number of amides is 1. The Kier molecular flexibility index (Phi) is 4.69. The quantitative estimate of drug-likeness (QED) is 0.862. The van der Waals surface area contributed by atoms with E-state index in [1.54, 1.807) is 13.0 Å². The number of aryl methyl sites for hydroxylation is 1. The molecule has 118 valence electrons. The fraction of sp³-hybridized carbons (Fsp3) is 0.286. The minimum absolute atomic E-state index is 0.0572. The van der Waals surface area contributed by atoms with E-state index in [9.17, 15) is 18.0 Å². The molecule has 1 amide bonds. The number of rotatable bonds is 5. The number of aromatic nitrogens is 1. The van der Waals surface area contributed by atoms with Gasteiger partial charge in [0.25, 0.3) is 5.91 Å². The molecule has 8 heteroatoms. The first kappa shape index (κ1) is 15.9. The zero-order chi connectivity index (χ0) is 16.2. The number of halogens is 3. The summed E-state index contributed by atoms with van der Waals surface area (Å²) in [7, 11) is 0. The van der Waals surface area contributed by atoms with E-state index >= 15 is 0 Å². The van der Waals surface area contributed by atoms with Crippen molar-refractivity contribution in [3.05, 3.63) is 47.5 Å². The highest BCUT2D eigenvalue weighted by Crippen LogP contribution is 2.29. The second-order valence-electron chi connectivity index (χ2n) is 4.38. The highest BCUT2D eigenvalue weighted by Gasteiger charge is 2.30. The summed E-state index contributed by atoms with van der Waals surface area (Å²) < 4.78 is 47.2. The number of pyridine rings is 1. The molecule has 0 saturated carbocycles. The predicted octanol–water partition coefficient (Wildman–Crippen LogP) is 2.81. The van der Waals surface area contributed by atoms with Gasteiger partial charge in [0.1, 0.15) is 12.4 Å². The second kappa shape index (κ2) is 6.50. The SMILES string of the molecule is Cc1occc1C(=O)NCCOc1ccc(C(F)(F)F)cn1. The summed E-state index contributed by atoms with van der Waals surface area (Å²) in [5.74, 6) is 0.250. The lowest BCUT2D eigenvalue weighted by Crippen LogP contribution is -2.28. The van der Waals surface area contributed by atoms with E-state index < -0.39 is 11.7 Å². The van der Waals surface area contributed by atoms with Crippen molar-refractivity contribution in [2.24, 2.45) is 0 Å². The zero-order valence-corrected chi connectivity index (χ0v) is 11.6. The topological polar surface area (TPSA) is 64.4 Å². The minimum atomic E-state index is -4.43. The van der Waals surface area contributed by atoms with Crippen LogP contribution in [0.4, 0.5) is 13.2 Å². The predicted molar refractivity (Wildman–Crippen MR) is 70.5 cm³/mol. The number of hydrogen-bond acceptors (Lipinski definition) is 4. The molecular weight excluding hydrogens is 301 g/mol. The molecule has 0 spiro atoms. The Hall–Kier alpha value is -2.51. The number of hydrogen-bond donors (Lipinski definition) is 1. The van der Waals surface area contributed by atoms with E-state index in [4.69, 9.17) is 9.15 Å². The molecule has 0 saturated heterocycles. The number of nitrogens with one attached hydrogen (secondary N) is 1. The summed E-state index contributed by atoms with van der Waals surface area (Å²) in [6.45, 7) is 1.94. The lowest BCUT2D eigenvalue weighted by atomic mass is 10.2. The number of carbonyl (C=O) groups is 1. The van der Waals surface area contributed by atoms with Crippen LogP contribution in [-0.4, -0.2) is 24.0 Å². The third kappa shape index (κ3) is 4.00. The molecule has 2 aromatic rings. The molecule has 1 N–H and O–H groups in total. The lowest BCUT2D eigenvalue weighted by Gasteiger charge is -2.08. The van der Waals surface area contributed by atoms with Crippen LogP contribution in [-0.2, 0) is 6.18 Å². The molecule has 2 aromatic heterocycles. The summed E-state index contributed by atoms with van der Waals surface area (Å²) in [5.41, 5.74) is -0.420. The summed E-state index contributed by atoms with van der Waals surface area (Å²) in [6.07, 6.45) is -2.32. The Labute approximate surface area is 124 Å². The van der Waals surface area contributed by atoms with E-state index in [1.807, 2.05) is 0 Å². The van der Waals surface area contributed by atoms with Crippen molar-refractivity contribution < 1.29 is 27.1 Å². The zero-order valence-electron chi connectivity index (χ0n) is 11.6. The van der Waals surface area contributed by atoms with Crippen LogP contribution in [0.3, 0.4) is 0 Å². The third-order valence-electron chi connectivity index (χ3n) is 2.80. The van der Waals surface area contributed by atoms with Gasteiger partial charge in [0.2, 0.25) is 5.88 Å². The molecule has 22 heavy (non-hydrogen) atoms. The van der Waals surface area contributed by atoms with Gasteiger partial charge in [-0.05, 0) is 19.1 Å². The van der Waals surface area contributed by atoms with E-state index in [1.165, 1.54) is 6.26 Å². The normalized spacial score (nSPS) is 11.3. The fourth-order valence-electron chi connectivity index (χ4n) is 1.67. The van der Waals surface area contributed by atoms with Crippen molar-refractivity contribution in [2.75, 3.05) is 13.2 Å². The first-order chi connectivity index (χ1) is 10.4. The van der Waals surface area contributed by atoms with Crippen LogP contribution < -0.4 is 10.1 Å². The molecule has 0 aliphatic rings. The summed E-state index contributed by atoms with van der Waals surface area (Å²) >= 11 is 0. The maximum absolute atomic E-state index is 12.3. The van der Waals surface area contributed by atoms with Crippen molar-refractivity contribution >= 4 is 5.91 Å². The average molecular weight is 314 g/mol. The van der Waals surface area contributed by atoms with Gasteiger partial charge in [0.05, 0.1) is 23.9 Å². The van der Waals surface area contributed by atoms with Crippen LogP contribution in [0.25, 0.3) is 0 Å². The van der Waals surface area contributed by atoms with E-state index in [0.717, 1.165) is 12.1 Å². The van der Waals surface area contributed by atoms with Crippen molar-refractivity contribution in [2.45, 2.75) is 13.1 Å². The van der Waals surface area contributed by atoms with E-state index in [2.05, 4.69) is 10.3 Å². The van der Waals surface area contributed by atoms with Gasteiger partial charge in [0, 0.05) is 12.3 Å². The highest BCUT2D eigenvalue weighted by molar-refractivity contribution is 5.94. The molecule has 0 unspecified atom stereocenters. The molecule has 0 atom stereocenters. The van der Waals surface area contributed by atoms with Gasteiger partial charge < -0.3 is 14.5 Å². The van der Waals surface area contributed by atoms with Crippen LogP contribution in [0.1, 0.15) is 21.7 Å². The molecule has 0 aromatic carbocycles. The van der Waals surface area contributed by atoms with Gasteiger partial charge in [-0.15, -0.1) is 0 Å². The van der Waals surface area contributed by atoms with Crippen molar-refractivity contribution in [3.63, 3.8) is 0 Å². The van der Waals surface area contributed by atoms with Crippen LogP contribution in [0, 0.1) is 6.92 Å². The van der Waals surface area contributed by atoms with E-state index in [-0.39, 0.29) is 24.9 Å². The molecule has 0 fully saturated rings. The molecule has 0 bridgehead atoms. The van der Waals surface area contributed by atoms with Crippen LogP contribution in [0.2, 0.25) is 0 Å². The van der Waals surface area contributed by atoms with E-state index in [0.29, 0.717) is 17.5 Å². The first-order valence-electron chi connectivity index (χ1n) is 6.36. The Morgan fingerprint density at radius 1 is 1.36 bits per heavy atom. The Morgan fingerprint density at radius 3 is 2.68 bits per heavy atom. The summed E-state index contributed by atoms with van der Waals surface area (Å²) in [5, 5.41) is 2.60. The number of carbonyl (C=O) groups excluding carboxylic acids is 1. The number of nitrogens with zero attached hydrogens (tertiary/aromatic N) is 1. The highest BCUT2D eigenvalue weighted by atomic mass is 19.4. The van der Waals surface area contributed by atoms with Crippen LogP contribution in [0.5, 0.6) is 5.88 Å². The Balaban J connectivity index is 1.77. The Morgan fingerprint density at radius 2 is 2.14 bits per heavy atom.